The molecule has 0 amide bonds. The quantitative estimate of drug-likeness (QED) is 0.526. The van der Waals surface area contributed by atoms with E-state index in [0.717, 1.165) is 11.3 Å². The van der Waals surface area contributed by atoms with Gasteiger partial charge in [-0.05, 0) is 22.9 Å². The van der Waals surface area contributed by atoms with Crippen LogP contribution in [-0.2, 0) is 20.7 Å². The Balaban J connectivity index is 1.68. The number of ketones is 1. The number of ether oxygens (including phenoxy) is 1. The van der Waals surface area contributed by atoms with E-state index in [0.29, 0.717) is 11.4 Å². The molecule has 3 aromatic rings. The molecule has 142 valence electrons. The fraction of sp³-hybridized carbons (Fsp3) is 0.278. The normalized spacial score (nSPS) is 12.7. The summed E-state index contributed by atoms with van der Waals surface area (Å²) in [4.78, 5) is 29.2. The van der Waals surface area contributed by atoms with E-state index in [9.17, 15) is 14.9 Å². The molecule has 3 rings (SSSR count). The molecule has 2 heterocycles. The third-order valence-electron chi connectivity index (χ3n) is 3.92. The van der Waals surface area contributed by atoms with E-state index in [1.165, 1.54) is 22.3 Å². The minimum Gasteiger partial charge on any atom is -0.456 e. The molecule has 10 heteroatoms. The lowest BCUT2D eigenvalue weighted by Crippen LogP contribution is -2.28. The van der Waals surface area contributed by atoms with Crippen molar-refractivity contribution in [2.75, 3.05) is 6.61 Å². The van der Waals surface area contributed by atoms with E-state index < -0.39 is 30.3 Å². The van der Waals surface area contributed by atoms with Crippen molar-refractivity contribution < 1.29 is 14.3 Å². The van der Waals surface area contributed by atoms with Crippen molar-refractivity contribution in [2.24, 2.45) is 0 Å². The Hall–Kier alpha value is -3.45. The molecule has 0 fully saturated rings. The van der Waals surface area contributed by atoms with Gasteiger partial charge in [0.25, 0.3) is 0 Å². The highest BCUT2D eigenvalue weighted by Crippen LogP contribution is 2.21. The molecule has 0 saturated carbocycles. The summed E-state index contributed by atoms with van der Waals surface area (Å²) in [5.41, 5.74) is 1.62. The zero-order valence-corrected chi connectivity index (χ0v) is 15.7. The highest BCUT2D eigenvalue weighted by molar-refractivity contribution is 7.09. The number of nitriles is 1. The van der Waals surface area contributed by atoms with E-state index >= 15 is 0 Å². The third-order valence-corrected chi connectivity index (χ3v) is 4.95. The monoisotopic (exact) mass is 396 g/mol. The maximum Gasteiger partial charge on any atom is 0.331 e. The van der Waals surface area contributed by atoms with Crippen LogP contribution in [0.3, 0.4) is 0 Å². The minimum absolute atomic E-state index is 0.298. The van der Waals surface area contributed by atoms with Gasteiger partial charge in [-0.25, -0.2) is 14.5 Å². The Labute approximate surface area is 164 Å². The zero-order valence-electron chi connectivity index (χ0n) is 14.9. The lowest BCUT2D eigenvalue weighted by molar-refractivity contribution is -0.151. The number of esters is 1. The van der Waals surface area contributed by atoms with Crippen LogP contribution in [0.5, 0.6) is 0 Å². The van der Waals surface area contributed by atoms with Crippen LogP contribution >= 0.6 is 11.3 Å². The predicted octanol–water partition coefficient (Wildman–Crippen LogP) is 1.64. The standard InChI is InChI=1S/C18H16N6O3S/c1-12-10-28-17(21-12)14(8-19)16(25)9-27-18(26)15(24-11-20-22-23-24)7-13-5-3-2-4-6-13/h2-6,10-11,14-15H,7,9H2,1H3/t14-,15+/m0/s1. The molecule has 28 heavy (non-hydrogen) atoms. The molecule has 0 aliphatic rings. The lowest BCUT2D eigenvalue weighted by Gasteiger charge is -2.15. The van der Waals surface area contributed by atoms with Crippen LogP contribution in [0.1, 0.15) is 28.2 Å². The number of carbonyl (C=O) groups is 2. The van der Waals surface area contributed by atoms with Crippen LogP contribution in [-0.4, -0.2) is 43.6 Å². The SMILES string of the molecule is Cc1csc([C@@H](C#N)C(=O)COC(=O)[C@@H](Cc2ccccc2)n2cnnn2)n1. The summed E-state index contributed by atoms with van der Waals surface area (Å²) >= 11 is 1.23. The Morgan fingerprint density at radius 1 is 1.32 bits per heavy atom. The fourth-order valence-corrected chi connectivity index (χ4v) is 3.39. The lowest BCUT2D eigenvalue weighted by atomic mass is 10.1. The van der Waals surface area contributed by atoms with E-state index in [1.54, 1.807) is 12.3 Å². The van der Waals surface area contributed by atoms with Gasteiger partial charge in [-0.15, -0.1) is 16.4 Å². The maximum absolute atomic E-state index is 12.6. The summed E-state index contributed by atoms with van der Waals surface area (Å²) in [5.74, 6) is -2.25. The highest BCUT2D eigenvalue weighted by Gasteiger charge is 2.28. The number of carbonyl (C=O) groups excluding carboxylic acids is 2. The number of aryl methyl sites for hydroxylation is 1. The second kappa shape index (κ2) is 8.96. The molecule has 9 nitrogen and oxygen atoms in total. The van der Waals surface area contributed by atoms with E-state index in [1.807, 2.05) is 36.4 Å². The molecule has 2 aromatic heterocycles. The van der Waals surface area contributed by atoms with Crippen molar-refractivity contribution in [3.63, 3.8) is 0 Å². The van der Waals surface area contributed by atoms with Crippen molar-refractivity contribution in [3.8, 4) is 6.07 Å². The second-order valence-corrected chi connectivity index (χ2v) is 6.85. The molecule has 0 radical (unpaired) electrons. The summed E-state index contributed by atoms with van der Waals surface area (Å²) in [5, 5.41) is 22.3. The molecule has 0 unspecified atom stereocenters. The Morgan fingerprint density at radius 3 is 2.71 bits per heavy atom. The number of nitrogens with zero attached hydrogens (tertiary/aromatic N) is 6. The molecule has 0 N–H and O–H groups in total. The number of aromatic nitrogens is 5. The van der Waals surface area contributed by atoms with Gasteiger partial charge in [-0.3, -0.25) is 4.79 Å². The van der Waals surface area contributed by atoms with Crippen LogP contribution < -0.4 is 0 Å². The van der Waals surface area contributed by atoms with Crippen molar-refractivity contribution in [1.82, 2.24) is 25.2 Å². The van der Waals surface area contributed by atoms with Gasteiger partial charge in [0.15, 0.2) is 24.3 Å². The van der Waals surface area contributed by atoms with Crippen LogP contribution in [0, 0.1) is 18.3 Å². The molecule has 0 aliphatic heterocycles. The number of thiazole rings is 1. The summed E-state index contributed by atoms with van der Waals surface area (Å²) in [6, 6.07) is 10.4. The number of benzene rings is 1. The second-order valence-electron chi connectivity index (χ2n) is 5.96. The summed E-state index contributed by atoms with van der Waals surface area (Å²) in [6.07, 6.45) is 1.61. The van der Waals surface area contributed by atoms with Gasteiger partial charge in [0.1, 0.15) is 11.3 Å². The van der Waals surface area contributed by atoms with Gasteiger partial charge in [-0.1, -0.05) is 30.3 Å². The van der Waals surface area contributed by atoms with Crippen LogP contribution in [0.2, 0.25) is 0 Å². The van der Waals surface area contributed by atoms with Crippen LogP contribution in [0.4, 0.5) is 0 Å². The molecule has 0 saturated heterocycles. The highest BCUT2D eigenvalue weighted by atomic mass is 32.1. The van der Waals surface area contributed by atoms with Gasteiger partial charge in [-0.2, -0.15) is 5.26 Å². The van der Waals surface area contributed by atoms with Gasteiger partial charge in [0.2, 0.25) is 0 Å². The fourth-order valence-electron chi connectivity index (χ4n) is 2.52. The predicted molar refractivity (Wildman–Crippen MR) is 98.2 cm³/mol. The summed E-state index contributed by atoms with van der Waals surface area (Å²) < 4.78 is 6.48. The number of rotatable bonds is 8. The first-order valence-corrected chi connectivity index (χ1v) is 9.24. The first-order valence-electron chi connectivity index (χ1n) is 8.36. The summed E-state index contributed by atoms with van der Waals surface area (Å²) in [7, 11) is 0. The number of Topliss-reactive ketones (excluding diaryl/α,β-unsaturated/α-hetero) is 1. The Bertz CT molecular complexity index is 980. The van der Waals surface area contributed by atoms with Crippen molar-refractivity contribution in [2.45, 2.75) is 25.3 Å². The molecule has 0 bridgehead atoms. The largest absolute Gasteiger partial charge is 0.456 e. The van der Waals surface area contributed by atoms with E-state index in [-0.39, 0.29) is 0 Å². The van der Waals surface area contributed by atoms with E-state index in [2.05, 4.69) is 20.5 Å². The minimum atomic E-state index is -1.06. The molecular formula is C18H16N6O3S. The van der Waals surface area contributed by atoms with Crippen molar-refractivity contribution in [3.05, 3.63) is 58.3 Å². The average molecular weight is 396 g/mol. The van der Waals surface area contributed by atoms with Gasteiger partial charge in [0.05, 0.1) is 6.07 Å². The average Bonchev–Trinajstić information content (AvgIpc) is 3.38. The maximum atomic E-state index is 12.6. The summed E-state index contributed by atoms with van der Waals surface area (Å²) in [6.45, 7) is 1.25. The Kier molecular flexibility index (Phi) is 6.18. The smallest absolute Gasteiger partial charge is 0.331 e. The van der Waals surface area contributed by atoms with Gasteiger partial charge < -0.3 is 4.74 Å². The zero-order chi connectivity index (χ0) is 19.9. The molecule has 0 spiro atoms. The number of hydrogen-bond acceptors (Lipinski definition) is 9. The van der Waals surface area contributed by atoms with Gasteiger partial charge >= 0.3 is 5.97 Å². The van der Waals surface area contributed by atoms with E-state index in [4.69, 9.17) is 4.74 Å². The Morgan fingerprint density at radius 2 is 2.11 bits per heavy atom. The molecule has 0 aliphatic carbocycles. The molecule has 2 atom stereocenters. The molecule has 1 aromatic carbocycles. The van der Waals surface area contributed by atoms with Crippen molar-refractivity contribution >= 4 is 23.1 Å². The van der Waals surface area contributed by atoms with Crippen molar-refractivity contribution in [1.29, 1.82) is 5.26 Å². The first-order chi connectivity index (χ1) is 13.6. The third kappa shape index (κ3) is 4.63. The van der Waals surface area contributed by atoms with Crippen LogP contribution in [0.15, 0.2) is 42.0 Å². The number of hydrogen-bond donors (Lipinski definition) is 0. The van der Waals surface area contributed by atoms with Gasteiger partial charge in [0, 0.05) is 17.5 Å². The van der Waals surface area contributed by atoms with Crippen LogP contribution in [0.25, 0.3) is 0 Å². The topological polar surface area (TPSA) is 124 Å². The number of tetrazole rings is 1. The molecular weight excluding hydrogens is 380 g/mol. The first kappa shape index (κ1) is 19.3.